The van der Waals surface area contributed by atoms with E-state index in [0.29, 0.717) is 5.02 Å². The van der Waals surface area contributed by atoms with Crippen molar-refractivity contribution in [3.8, 4) is 0 Å². The SMILES string of the molecule is O=C(NO)c1c(Cl)cc(Cl)cc1Cl. The van der Waals surface area contributed by atoms with Crippen LogP contribution < -0.4 is 5.48 Å². The van der Waals surface area contributed by atoms with Crippen molar-refractivity contribution < 1.29 is 10.0 Å². The number of carbonyl (C=O) groups excluding carboxylic acids is 1. The first kappa shape index (κ1) is 10.6. The van der Waals surface area contributed by atoms with Gasteiger partial charge in [0.15, 0.2) is 0 Å². The molecule has 3 nitrogen and oxygen atoms in total. The van der Waals surface area contributed by atoms with E-state index in [-0.39, 0.29) is 15.6 Å². The fourth-order valence-corrected chi connectivity index (χ4v) is 1.80. The number of halogens is 3. The highest BCUT2D eigenvalue weighted by Gasteiger charge is 2.14. The fraction of sp³-hybridized carbons (Fsp3) is 0. The first-order valence-electron chi connectivity index (χ1n) is 3.15. The highest BCUT2D eigenvalue weighted by Crippen LogP contribution is 2.28. The zero-order chi connectivity index (χ0) is 10.0. The van der Waals surface area contributed by atoms with Gasteiger partial charge in [-0.05, 0) is 12.1 Å². The lowest BCUT2D eigenvalue weighted by atomic mass is 10.2. The second kappa shape index (κ2) is 4.15. The third-order valence-electron chi connectivity index (χ3n) is 1.34. The summed E-state index contributed by atoms with van der Waals surface area (Å²) in [5.41, 5.74) is 1.43. The Kier molecular flexibility index (Phi) is 3.39. The summed E-state index contributed by atoms with van der Waals surface area (Å²) >= 11 is 16.9. The molecule has 70 valence electrons. The second-order valence-corrected chi connectivity index (χ2v) is 3.44. The molecule has 1 amide bonds. The van der Waals surface area contributed by atoms with Crippen molar-refractivity contribution in [3.63, 3.8) is 0 Å². The molecule has 0 radical (unpaired) electrons. The van der Waals surface area contributed by atoms with Gasteiger partial charge in [0.25, 0.3) is 5.91 Å². The number of nitrogens with one attached hydrogen (secondary N) is 1. The molecule has 0 unspecified atom stereocenters. The Bertz CT molecular complexity index is 331. The van der Waals surface area contributed by atoms with Crippen LogP contribution in [0.15, 0.2) is 12.1 Å². The Morgan fingerprint density at radius 1 is 1.23 bits per heavy atom. The van der Waals surface area contributed by atoms with Crippen molar-refractivity contribution in [2.45, 2.75) is 0 Å². The highest BCUT2D eigenvalue weighted by molar-refractivity contribution is 6.42. The van der Waals surface area contributed by atoms with Crippen molar-refractivity contribution in [1.82, 2.24) is 5.48 Å². The van der Waals surface area contributed by atoms with Crippen LogP contribution in [0.1, 0.15) is 10.4 Å². The van der Waals surface area contributed by atoms with Crippen molar-refractivity contribution in [3.05, 3.63) is 32.8 Å². The van der Waals surface area contributed by atoms with E-state index in [1.54, 1.807) is 0 Å². The van der Waals surface area contributed by atoms with Crippen molar-refractivity contribution in [2.75, 3.05) is 0 Å². The largest absolute Gasteiger partial charge is 0.288 e. The van der Waals surface area contributed by atoms with E-state index in [9.17, 15) is 4.79 Å². The van der Waals surface area contributed by atoms with Crippen LogP contribution in [0.4, 0.5) is 0 Å². The first-order chi connectivity index (χ1) is 6.06. The molecule has 0 bridgehead atoms. The van der Waals surface area contributed by atoms with Crippen LogP contribution >= 0.6 is 34.8 Å². The molecule has 13 heavy (non-hydrogen) atoms. The normalized spacial score (nSPS) is 9.85. The molecule has 0 spiro atoms. The Labute approximate surface area is 89.2 Å². The summed E-state index contributed by atoms with van der Waals surface area (Å²) in [6.45, 7) is 0. The minimum absolute atomic E-state index is 0.00441. The average Bonchev–Trinajstić information content (AvgIpc) is 2.02. The number of benzene rings is 1. The summed E-state index contributed by atoms with van der Waals surface area (Å²) < 4.78 is 0. The van der Waals surface area contributed by atoms with Gasteiger partial charge in [0, 0.05) is 5.02 Å². The van der Waals surface area contributed by atoms with Gasteiger partial charge in [0.2, 0.25) is 0 Å². The van der Waals surface area contributed by atoms with Crippen molar-refractivity contribution in [1.29, 1.82) is 0 Å². The van der Waals surface area contributed by atoms with E-state index >= 15 is 0 Å². The van der Waals surface area contributed by atoms with E-state index in [0.717, 1.165) is 0 Å². The molecule has 0 aliphatic carbocycles. The molecule has 0 aliphatic heterocycles. The zero-order valence-corrected chi connectivity index (χ0v) is 8.41. The lowest BCUT2D eigenvalue weighted by molar-refractivity contribution is 0.0706. The molecule has 1 aromatic carbocycles. The van der Waals surface area contributed by atoms with Gasteiger partial charge in [0.1, 0.15) is 0 Å². The van der Waals surface area contributed by atoms with Crippen LogP contribution in [0.2, 0.25) is 15.1 Å². The number of hydrogen-bond acceptors (Lipinski definition) is 2. The molecule has 0 atom stereocenters. The summed E-state index contributed by atoms with van der Waals surface area (Å²) in [4.78, 5) is 11.0. The minimum atomic E-state index is -0.772. The van der Waals surface area contributed by atoms with Crippen LogP contribution in [-0.4, -0.2) is 11.1 Å². The summed E-state index contributed by atoms with van der Waals surface area (Å²) in [5.74, 6) is -0.772. The molecule has 0 aromatic heterocycles. The lowest BCUT2D eigenvalue weighted by Crippen LogP contribution is -2.19. The quantitative estimate of drug-likeness (QED) is 0.586. The van der Waals surface area contributed by atoms with Gasteiger partial charge in [-0.1, -0.05) is 34.8 Å². The number of hydroxylamine groups is 1. The van der Waals surface area contributed by atoms with Gasteiger partial charge < -0.3 is 0 Å². The number of amides is 1. The van der Waals surface area contributed by atoms with Gasteiger partial charge in [-0.15, -0.1) is 0 Å². The molecule has 6 heteroatoms. The van der Waals surface area contributed by atoms with E-state index in [4.69, 9.17) is 40.0 Å². The van der Waals surface area contributed by atoms with Crippen LogP contribution in [0.5, 0.6) is 0 Å². The third kappa shape index (κ3) is 2.25. The highest BCUT2D eigenvalue weighted by atomic mass is 35.5. The van der Waals surface area contributed by atoms with E-state index in [1.165, 1.54) is 17.6 Å². The lowest BCUT2D eigenvalue weighted by Gasteiger charge is -2.04. The molecule has 0 aliphatic rings. The van der Waals surface area contributed by atoms with Crippen molar-refractivity contribution >= 4 is 40.7 Å². The monoisotopic (exact) mass is 239 g/mol. The Hall–Kier alpha value is -0.480. The van der Waals surface area contributed by atoms with Gasteiger partial charge in [0.05, 0.1) is 15.6 Å². The molecule has 0 heterocycles. The Morgan fingerprint density at radius 3 is 2.08 bits per heavy atom. The maximum Gasteiger partial charge on any atom is 0.277 e. The number of rotatable bonds is 1. The standard InChI is InChI=1S/C7H4Cl3NO2/c8-3-1-4(9)6(5(10)2-3)7(12)11-13/h1-2,13H,(H,11,12). The molecule has 0 fully saturated rings. The molecule has 0 saturated carbocycles. The Balaban J connectivity index is 3.28. The van der Waals surface area contributed by atoms with Crippen LogP contribution in [0.3, 0.4) is 0 Å². The Morgan fingerprint density at radius 2 is 1.69 bits per heavy atom. The molecule has 1 rings (SSSR count). The molecular weight excluding hydrogens is 236 g/mol. The number of hydrogen-bond donors (Lipinski definition) is 2. The molecule has 1 aromatic rings. The van der Waals surface area contributed by atoms with E-state index in [2.05, 4.69) is 0 Å². The zero-order valence-electron chi connectivity index (χ0n) is 6.14. The summed E-state index contributed by atoms with van der Waals surface area (Å²) in [7, 11) is 0. The van der Waals surface area contributed by atoms with Gasteiger partial charge >= 0.3 is 0 Å². The third-order valence-corrected chi connectivity index (χ3v) is 2.15. The van der Waals surface area contributed by atoms with Crippen molar-refractivity contribution in [2.24, 2.45) is 0 Å². The summed E-state index contributed by atoms with van der Waals surface area (Å²) in [6, 6.07) is 2.72. The van der Waals surface area contributed by atoms with Crippen LogP contribution in [0.25, 0.3) is 0 Å². The summed E-state index contributed by atoms with van der Waals surface area (Å²) in [6.07, 6.45) is 0. The minimum Gasteiger partial charge on any atom is -0.288 e. The predicted octanol–water partition coefficient (Wildman–Crippen LogP) is 2.77. The van der Waals surface area contributed by atoms with E-state index in [1.807, 2.05) is 0 Å². The maximum absolute atomic E-state index is 11.0. The predicted molar refractivity (Wildman–Crippen MR) is 50.7 cm³/mol. The molecular formula is C7H4Cl3NO2. The van der Waals surface area contributed by atoms with E-state index < -0.39 is 5.91 Å². The fourth-order valence-electron chi connectivity index (χ4n) is 0.815. The van der Waals surface area contributed by atoms with Gasteiger partial charge in [-0.25, -0.2) is 5.48 Å². The second-order valence-electron chi connectivity index (χ2n) is 2.19. The van der Waals surface area contributed by atoms with Crippen LogP contribution in [-0.2, 0) is 0 Å². The molecule has 0 saturated heterocycles. The smallest absolute Gasteiger partial charge is 0.277 e. The summed E-state index contributed by atoms with van der Waals surface area (Å²) in [5, 5.41) is 8.85. The topological polar surface area (TPSA) is 49.3 Å². The van der Waals surface area contributed by atoms with Gasteiger partial charge in [-0.3, -0.25) is 10.0 Å². The number of carbonyl (C=O) groups is 1. The van der Waals surface area contributed by atoms with Gasteiger partial charge in [-0.2, -0.15) is 0 Å². The maximum atomic E-state index is 11.0. The molecule has 2 N–H and O–H groups in total. The first-order valence-corrected chi connectivity index (χ1v) is 4.28. The van der Waals surface area contributed by atoms with Crippen LogP contribution in [0, 0.1) is 0 Å². The average molecular weight is 240 g/mol.